The molecule has 1 amide bonds. The van der Waals surface area contributed by atoms with Crippen molar-refractivity contribution in [1.29, 1.82) is 0 Å². The second-order valence-electron chi connectivity index (χ2n) is 7.91. The van der Waals surface area contributed by atoms with E-state index in [2.05, 4.69) is 38.3 Å². The van der Waals surface area contributed by atoms with Crippen LogP contribution in [0.15, 0.2) is 0 Å². The third kappa shape index (κ3) is 1.77. The maximum absolute atomic E-state index is 12.5. The Morgan fingerprint density at radius 1 is 1.26 bits per heavy atom. The van der Waals surface area contributed by atoms with Crippen molar-refractivity contribution < 1.29 is 4.79 Å². The molecule has 3 nitrogen and oxygen atoms in total. The van der Waals surface area contributed by atoms with Crippen LogP contribution in [0.2, 0.25) is 0 Å². The lowest BCUT2D eigenvalue weighted by atomic mass is 9.69. The van der Waals surface area contributed by atoms with Crippen molar-refractivity contribution in [3.8, 4) is 0 Å². The molecular weight excluding hydrogens is 236 g/mol. The number of carbonyl (C=O) groups is 1. The van der Waals surface area contributed by atoms with Crippen LogP contribution in [0.1, 0.15) is 47.0 Å². The molecule has 2 saturated carbocycles. The highest BCUT2D eigenvalue weighted by atomic mass is 16.2. The number of fused-ring (bicyclic) bond motifs is 2. The standard InChI is InChI=1S/C16H28N2O/c1-10-8-17-9-12(10)14(19)18-13-7-11-5-6-16(13,4)15(11,2)3/h10-13,17H,5-9H2,1-4H3,(H,18,19). The Morgan fingerprint density at radius 3 is 2.47 bits per heavy atom. The summed E-state index contributed by atoms with van der Waals surface area (Å²) in [4.78, 5) is 12.5. The highest BCUT2D eigenvalue weighted by Crippen LogP contribution is 2.65. The monoisotopic (exact) mass is 264 g/mol. The smallest absolute Gasteiger partial charge is 0.224 e. The van der Waals surface area contributed by atoms with Gasteiger partial charge in [-0.25, -0.2) is 0 Å². The first-order valence-corrected chi connectivity index (χ1v) is 7.87. The van der Waals surface area contributed by atoms with Crippen LogP contribution in [0.25, 0.3) is 0 Å². The Bertz CT molecular complexity index is 392. The summed E-state index contributed by atoms with van der Waals surface area (Å²) in [6.07, 6.45) is 3.80. The van der Waals surface area contributed by atoms with Crippen LogP contribution < -0.4 is 10.6 Å². The van der Waals surface area contributed by atoms with Gasteiger partial charge in [0.2, 0.25) is 5.91 Å². The highest BCUT2D eigenvalue weighted by molar-refractivity contribution is 5.80. The van der Waals surface area contributed by atoms with Crippen LogP contribution in [-0.2, 0) is 4.79 Å². The van der Waals surface area contributed by atoms with Crippen molar-refractivity contribution in [2.75, 3.05) is 13.1 Å². The Labute approximate surface area is 116 Å². The van der Waals surface area contributed by atoms with Gasteiger partial charge >= 0.3 is 0 Å². The molecule has 2 N–H and O–H groups in total. The predicted octanol–water partition coefficient (Wildman–Crippen LogP) is 2.17. The summed E-state index contributed by atoms with van der Waals surface area (Å²) in [5, 5.41) is 6.73. The van der Waals surface area contributed by atoms with Crippen LogP contribution in [0.4, 0.5) is 0 Å². The maximum Gasteiger partial charge on any atom is 0.224 e. The van der Waals surface area contributed by atoms with E-state index in [0.29, 0.717) is 22.8 Å². The lowest BCUT2D eigenvalue weighted by Crippen LogP contribution is -2.49. The van der Waals surface area contributed by atoms with Crippen molar-refractivity contribution in [2.24, 2.45) is 28.6 Å². The molecule has 3 aliphatic rings. The van der Waals surface area contributed by atoms with Gasteiger partial charge in [-0.15, -0.1) is 0 Å². The van der Waals surface area contributed by atoms with E-state index in [-0.39, 0.29) is 11.8 Å². The Kier molecular flexibility index (Phi) is 2.97. The Hall–Kier alpha value is -0.570. The van der Waals surface area contributed by atoms with E-state index in [1.54, 1.807) is 0 Å². The van der Waals surface area contributed by atoms with Crippen LogP contribution in [0, 0.1) is 28.6 Å². The summed E-state index contributed by atoms with van der Waals surface area (Å²) in [7, 11) is 0. The van der Waals surface area contributed by atoms with Gasteiger partial charge in [-0.2, -0.15) is 0 Å². The van der Waals surface area contributed by atoms with Crippen molar-refractivity contribution in [3.05, 3.63) is 0 Å². The molecule has 0 aromatic carbocycles. The Morgan fingerprint density at radius 2 is 2.00 bits per heavy atom. The van der Waals surface area contributed by atoms with Gasteiger partial charge in [-0.05, 0) is 48.5 Å². The number of hydrogen-bond acceptors (Lipinski definition) is 2. The van der Waals surface area contributed by atoms with Gasteiger partial charge in [0.15, 0.2) is 0 Å². The molecule has 1 heterocycles. The van der Waals surface area contributed by atoms with Crippen LogP contribution in [0.5, 0.6) is 0 Å². The summed E-state index contributed by atoms with van der Waals surface area (Å²) >= 11 is 0. The first kappa shape index (κ1) is 13.4. The third-order valence-electron chi connectivity index (χ3n) is 6.96. The summed E-state index contributed by atoms with van der Waals surface area (Å²) < 4.78 is 0. The molecule has 0 aromatic rings. The fourth-order valence-corrected chi connectivity index (χ4v) is 4.86. The van der Waals surface area contributed by atoms with E-state index >= 15 is 0 Å². The van der Waals surface area contributed by atoms with Crippen molar-refractivity contribution in [1.82, 2.24) is 10.6 Å². The molecule has 3 heteroatoms. The van der Waals surface area contributed by atoms with E-state index in [1.807, 2.05) is 0 Å². The molecule has 3 rings (SSSR count). The van der Waals surface area contributed by atoms with E-state index < -0.39 is 0 Å². The summed E-state index contributed by atoms with van der Waals surface area (Å²) in [6.45, 7) is 11.2. The van der Waals surface area contributed by atoms with Crippen molar-refractivity contribution in [2.45, 2.75) is 53.0 Å². The van der Waals surface area contributed by atoms with Crippen LogP contribution in [-0.4, -0.2) is 25.0 Å². The Balaban J connectivity index is 1.70. The molecule has 0 radical (unpaired) electrons. The molecule has 2 bridgehead atoms. The minimum Gasteiger partial charge on any atom is -0.353 e. The number of rotatable bonds is 2. The molecule has 19 heavy (non-hydrogen) atoms. The lowest BCUT2D eigenvalue weighted by Gasteiger charge is -2.40. The van der Waals surface area contributed by atoms with Gasteiger partial charge in [0.1, 0.15) is 0 Å². The van der Waals surface area contributed by atoms with Crippen LogP contribution >= 0.6 is 0 Å². The quantitative estimate of drug-likeness (QED) is 0.802. The van der Waals surface area contributed by atoms with E-state index in [9.17, 15) is 4.79 Å². The zero-order valence-electron chi connectivity index (χ0n) is 12.8. The SMILES string of the molecule is CC1CNCC1C(=O)NC1CC2CCC1(C)C2(C)C. The fourth-order valence-electron chi connectivity index (χ4n) is 4.86. The second-order valence-corrected chi connectivity index (χ2v) is 7.91. The summed E-state index contributed by atoms with van der Waals surface area (Å²) in [5.74, 6) is 1.72. The zero-order valence-corrected chi connectivity index (χ0v) is 12.8. The first-order valence-electron chi connectivity index (χ1n) is 7.87. The summed E-state index contributed by atoms with van der Waals surface area (Å²) in [5.41, 5.74) is 0.674. The fraction of sp³-hybridized carbons (Fsp3) is 0.938. The highest BCUT2D eigenvalue weighted by Gasteiger charge is 2.61. The van der Waals surface area contributed by atoms with Gasteiger partial charge in [-0.3, -0.25) is 4.79 Å². The molecule has 3 fully saturated rings. The zero-order chi connectivity index (χ0) is 13.8. The molecular formula is C16H28N2O. The average molecular weight is 264 g/mol. The van der Waals surface area contributed by atoms with Gasteiger partial charge < -0.3 is 10.6 Å². The molecule has 5 atom stereocenters. The number of carbonyl (C=O) groups excluding carboxylic acids is 1. The molecule has 5 unspecified atom stereocenters. The normalized spacial score (nSPS) is 47.6. The number of nitrogens with one attached hydrogen (secondary N) is 2. The predicted molar refractivity (Wildman–Crippen MR) is 76.7 cm³/mol. The minimum absolute atomic E-state index is 0.172. The maximum atomic E-state index is 12.5. The molecule has 2 aliphatic carbocycles. The third-order valence-corrected chi connectivity index (χ3v) is 6.96. The minimum atomic E-state index is 0.172. The lowest BCUT2D eigenvalue weighted by molar-refractivity contribution is -0.127. The van der Waals surface area contributed by atoms with Gasteiger partial charge in [-0.1, -0.05) is 27.7 Å². The van der Waals surface area contributed by atoms with Crippen LogP contribution in [0.3, 0.4) is 0 Å². The summed E-state index contributed by atoms with van der Waals surface area (Å²) in [6, 6.07) is 0.390. The van der Waals surface area contributed by atoms with Gasteiger partial charge in [0.05, 0.1) is 5.92 Å². The first-order chi connectivity index (χ1) is 8.86. The van der Waals surface area contributed by atoms with Gasteiger partial charge in [0.25, 0.3) is 0 Å². The number of hydrogen-bond donors (Lipinski definition) is 2. The van der Waals surface area contributed by atoms with Crippen molar-refractivity contribution in [3.63, 3.8) is 0 Å². The molecule has 108 valence electrons. The molecule has 0 spiro atoms. The number of amides is 1. The average Bonchev–Trinajstić information content (AvgIpc) is 2.90. The van der Waals surface area contributed by atoms with E-state index in [4.69, 9.17) is 0 Å². The van der Waals surface area contributed by atoms with E-state index in [0.717, 1.165) is 19.0 Å². The van der Waals surface area contributed by atoms with E-state index in [1.165, 1.54) is 19.3 Å². The van der Waals surface area contributed by atoms with Gasteiger partial charge in [0, 0.05) is 12.6 Å². The van der Waals surface area contributed by atoms with Crippen molar-refractivity contribution >= 4 is 5.91 Å². The molecule has 0 aromatic heterocycles. The molecule has 1 saturated heterocycles. The largest absolute Gasteiger partial charge is 0.353 e. The second kappa shape index (κ2) is 4.21. The molecule has 1 aliphatic heterocycles. The topological polar surface area (TPSA) is 41.1 Å².